The van der Waals surface area contributed by atoms with Crippen molar-refractivity contribution in [2.75, 3.05) is 6.61 Å². The van der Waals surface area contributed by atoms with Crippen LogP contribution in [0.3, 0.4) is 0 Å². The molecule has 0 aromatic carbocycles. The van der Waals surface area contributed by atoms with Crippen molar-refractivity contribution in [2.24, 2.45) is 0 Å². The van der Waals surface area contributed by atoms with Crippen LogP contribution in [0.1, 0.15) is 33.6 Å². The van der Waals surface area contributed by atoms with Gasteiger partial charge in [-0.15, -0.1) is 0 Å². The summed E-state index contributed by atoms with van der Waals surface area (Å²) in [5.41, 5.74) is 1.27. The molecule has 1 heteroatoms. The van der Waals surface area contributed by atoms with E-state index in [1.807, 2.05) is 51.2 Å². The molecule has 0 amide bonds. The van der Waals surface area contributed by atoms with Crippen molar-refractivity contribution in [1.29, 1.82) is 0 Å². The van der Waals surface area contributed by atoms with Gasteiger partial charge in [-0.2, -0.15) is 0 Å². The number of ether oxygens (including phenoxy) is 1. The van der Waals surface area contributed by atoms with Gasteiger partial charge in [0.2, 0.25) is 0 Å². The van der Waals surface area contributed by atoms with Crippen LogP contribution in [0.2, 0.25) is 0 Å². The standard InChI is InChI=1S/C12H16O.C6H8.C2H6/c1-3-5-8-11-9-6-10-13-12(11)7-4-2;1-3-5-6-4-2;1-2/h3-5,7-8H,2,6,9-10H2,1H3;3-6H,1-2H2;1-2H3/b5-3-,11-8-,12-7+;6-5-;. The van der Waals surface area contributed by atoms with Crippen molar-refractivity contribution >= 4 is 0 Å². The van der Waals surface area contributed by atoms with Gasteiger partial charge in [0.1, 0.15) is 5.76 Å². The molecular weight excluding hydrogens is 256 g/mol. The third-order valence-corrected chi connectivity index (χ3v) is 2.31. The number of allylic oxidation sites excluding steroid dienone is 10. The Morgan fingerprint density at radius 1 is 0.905 bits per heavy atom. The lowest BCUT2D eigenvalue weighted by atomic mass is 10.1. The van der Waals surface area contributed by atoms with Crippen LogP contribution in [-0.2, 0) is 4.74 Å². The van der Waals surface area contributed by atoms with Gasteiger partial charge in [0.25, 0.3) is 0 Å². The van der Waals surface area contributed by atoms with E-state index in [1.165, 1.54) is 5.57 Å². The Bertz CT molecular complexity index is 382. The predicted octanol–water partition coefficient (Wildman–Crippen LogP) is 6.31. The lowest BCUT2D eigenvalue weighted by molar-refractivity contribution is 0.194. The normalized spacial score (nSPS) is 17.5. The van der Waals surface area contributed by atoms with E-state index in [2.05, 4.69) is 25.8 Å². The third kappa shape index (κ3) is 12.7. The van der Waals surface area contributed by atoms with E-state index in [0.717, 1.165) is 25.2 Å². The zero-order chi connectivity index (χ0) is 16.3. The van der Waals surface area contributed by atoms with Gasteiger partial charge in [0, 0.05) is 0 Å². The molecule has 0 bridgehead atoms. The average Bonchev–Trinajstić information content (AvgIpc) is 2.55. The number of rotatable bonds is 4. The van der Waals surface area contributed by atoms with Gasteiger partial charge in [0.15, 0.2) is 0 Å². The molecule has 0 aliphatic carbocycles. The largest absolute Gasteiger partial charge is 0.493 e. The van der Waals surface area contributed by atoms with Gasteiger partial charge in [-0.05, 0) is 31.4 Å². The zero-order valence-corrected chi connectivity index (χ0v) is 13.8. The maximum Gasteiger partial charge on any atom is 0.122 e. The van der Waals surface area contributed by atoms with Crippen molar-refractivity contribution in [3.05, 3.63) is 85.8 Å². The average molecular weight is 286 g/mol. The van der Waals surface area contributed by atoms with Gasteiger partial charge in [-0.1, -0.05) is 82.2 Å². The molecule has 0 N–H and O–H groups in total. The van der Waals surface area contributed by atoms with Gasteiger partial charge in [-0.25, -0.2) is 0 Å². The van der Waals surface area contributed by atoms with E-state index < -0.39 is 0 Å². The van der Waals surface area contributed by atoms with E-state index in [-0.39, 0.29) is 0 Å². The molecule has 1 aliphatic heterocycles. The Kier molecular flexibility index (Phi) is 18.2. The summed E-state index contributed by atoms with van der Waals surface area (Å²) in [6, 6.07) is 0. The molecule has 0 radical (unpaired) electrons. The fourth-order valence-electron chi connectivity index (χ4n) is 1.46. The highest BCUT2D eigenvalue weighted by Gasteiger charge is 2.10. The highest BCUT2D eigenvalue weighted by Crippen LogP contribution is 2.23. The van der Waals surface area contributed by atoms with Crippen LogP contribution in [0.15, 0.2) is 85.8 Å². The molecular formula is C20H30O. The van der Waals surface area contributed by atoms with E-state index in [1.54, 1.807) is 18.2 Å². The second kappa shape index (κ2) is 18.0. The topological polar surface area (TPSA) is 9.23 Å². The summed E-state index contributed by atoms with van der Waals surface area (Å²) in [4.78, 5) is 0. The molecule has 0 aromatic rings. The molecule has 1 aliphatic rings. The first kappa shape index (κ1) is 21.3. The molecule has 0 spiro atoms. The Morgan fingerprint density at radius 2 is 1.52 bits per heavy atom. The summed E-state index contributed by atoms with van der Waals surface area (Å²) >= 11 is 0. The lowest BCUT2D eigenvalue weighted by Crippen LogP contribution is -2.05. The molecule has 1 nitrogen and oxygen atoms in total. The van der Waals surface area contributed by atoms with E-state index in [4.69, 9.17) is 4.74 Å². The summed E-state index contributed by atoms with van der Waals surface area (Å²) in [5, 5.41) is 0. The minimum Gasteiger partial charge on any atom is -0.493 e. The maximum absolute atomic E-state index is 5.52. The second-order valence-electron chi connectivity index (χ2n) is 3.79. The van der Waals surface area contributed by atoms with E-state index >= 15 is 0 Å². The highest BCUT2D eigenvalue weighted by atomic mass is 16.5. The summed E-state index contributed by atoms with van der Waals surface area (Å²) in [6.07, 6.45) is 19.1. The first-order chi connectivity index (χ1) is 10.3. The molecule has 0 unspecified atom stereocenters. The minimum absolute atomic E-state index is 0.826. The fourth-order valence-corrected chi connectivity index (χ4v) is 1.46. The van der Waals surface area contributed by atoms with Crippen LogP contribution >= 0.6 is 0 Å². The zero-order valence-electron chi connectivity index (χ0n) is 13.8. The van der Waals surface area contributed by atoms with Crippen molar-refractivity contribution in [2.45, 2.75) is 33.6 Å². The van der Waals surface area contributed by atoms with Crippen LogP contribution in [0.5, 0.6) is 0 Å². The summed E-state index contributed by atoms with van der Waals surface area (Å²) < 4.78 is 5.52. The molecule has 1 rings (SSSR count). The van der Waals surface area contributed by atoms with E-state index in [0.29, 0.717) is 0 Å². The molecule has 0 atom stereocenters. The summed E-state index contributed by atoms with van der Waals surface area (Å²) in [7, 11) is 0. The molecule has 1 saturated heterocycles. The van der Waals surface area contributed by atoms with Gasteiger partial charge < -0.3 is 4.74 Å². The molecule has 1 heterocycles. The Morgan fingerprint density at radius 3 is 2.00 bits per heavy atom. The Balaban J connectivity index is 0. The molecule has 1 fully saturated rings. The minimum atomic E-state index is 0.826. The van der Waals surface area contributed by atoms with Gasteiger partial charge in [-0.3, -0.25) is 0 Å². The second-order valence-corrected chi connectivity index (χ2v) is 3.79. The van der Waals surface area contributed by atoms with Crippen molar-refractivity contribution in [3.8, 4) is 0 Å². The monoisotopic (exact) mass is 286 g/mol. The lowest BCUT2D eigenvalue weighted by Gasteiger charge is -2.18. The number of hydrogen-bond acceptors (Lipinski definition) is 1. The fraction of sp³-hybridized carbons (Fsp3) is 0.300. The van der Waals surface area contributed by atoms with Gasteiger partial charge in [0.05, 0.1) is 6.61 Å². The maximum atomic E-state index is 5.52. The molecule has 116 valence electrons. The molecule has 0 aromatic heterocycles. The van der Waals surface area contributed by atoms with Crippen LogP contribution in [-0.4, -0.2) is 6.61 Å². The van der Waals surface area contributed by atoms with Crippen molar-refractivity contribution in [3.63, 3.8) is 0 Å². The Labute approximate surface area is 131 Å². The van der Waals surface area contributed by atoms with Gasteiger partial charge >= 0.3 is 0 Å². The van der Waals surface area contributed by atoms with Crippen molar-refractivity contribution < 1.29 is 4.74 Å². The van der Waals surface area contributed by atoms with Crippen LogP contribution < -0.4 is 0 Å². The van der Waals surface area contributed by atoms with Crippen LogP contribution in [0.25, 0.3) is 0 Å². The number of hydrogen-bond donors (Lipinski definition) is 0. The quantitative estimate of drug-likeness (QED) is 0.550. The first-order valence-electron chi connectivity index (χ1n) is 7.48. The SMILES string of the molecule is C=C/C=C1/OCCC/C1=C/C=C\C.C=C/C=C\C=C.CC. The third-order valence-electron chi connectivity index (χ3n) is 2.31. The molecule has 21 heavy (non-hydrogen) atoms. The smallest absolute Gasteiger partial charge is 0.122 e. The Hall–Kier alpha value is -2.02. The van der Waals surface area contributed by atoms with Crippen LogP contribution in [0.4, 0.5) is 0 Å². The first-order valence-corrected chi connectivity index (χ1v) is 7.48. The van der Waals surface area contributed by atoms with Crippen LogP contribution in [0, 0.1) is 0 Å². The van der Waals surface area contributed by atoms with Crippen molar-refractivity contribution in [1.82, 2.24) is 0 Å². The summed E-state index contributed by atoms with van der Waals surface area (Å²) in [6.45, 7) is 17.4. The summed E-state index contributed by atoms with van der Waals surface area (Å²) in [5.74, 6) is 0.972. The highest BCUT2D eigenvalue weighted by molar-refractivity contribution is 5.32. The predicted molar refractivity (Wildman–Crippen MR) is 97.2 cm³/mol. The van der Waals surface area contributed by atoms with E-state index in [9.17, 15) is 0 Å². The molecule has 0 saturated carbocycles.